The highest BCUT2D eigenvalue weighted by molar-refractivity contribution is 5.97. The summed E-state index contributed by atoms with van der Waals surface area (Å²) in [5.41, 5.74) is 8.83. The molecule has 1 unspecified atom stereocenters. The van der Waals surface area contributed by atoms with Crippen molar-refractivity contribution in [2.45, 2.75) is 97.4 Å². The summed E-state index contributed by atoms with van der Waals surface area (Å²) in [7, 11) is 0. The predicted octanol–water partition coefficient (Wildman–Crippen LogP) is 2.18. The SMILES string of the molecule is C#CCCCCCC(C)OCC(=O)ONCCN[C@H](C(=O)N[C@@H](CCCNC(N)=O)C(=O)Nc1ccc(COC(=O)NCCNC(=O)OCC)cc1)C(C)C. The Hall–Kier alpha value is -5.12. The first kappa shape index (κ1) is 47.9. The minimum Gasteiger partial charge on any atom is -0.450 e. The van der Waals surface area contributed by atoms with Gasteiger partial charge in [0, 0.05) is 44.8 Å². The summed E-state index contributed by atoms with van der Waals surface area (Å²) in [4.78, 5) is 78.3. The quantitative estimate of drug-likeness (QED) is 0.0264. The van der Waals surface area contributed by atoms with Crippen LogP contribution in [0, 0.1) is 18.3 Å². The van der Waals surface area contributed by atoms with E-state index in [1.807, 2.05) is 20.8 Å². The average Bonchev–Trinajstić information content (AvgIpc) is 3.14. The van der Waals surface area contributed by atoms with Gasteiger partial charge >= 0.3 is 24.2 Å². The monoisotopic (exact) mass is 776 g/mol. The maximum Gasteiger partial charge on any atom is 0.407 e. The van der Waals surface area contributed by atoms with Gasteiger partial charge in [0.25, 0.3) is 0 Å². The molecule has 3 atom stereocenters. The van der Waals surface area contributed by atoms with Gasteiger partial charge in [-0.05, 0) is 63.1 Å². The minimum absolute atomic E-state index is 0.0405. The molecule has 0 saturated carbocycles. The van der Waals surface area contributed by atoms with Gasteiger partial charge in [-0.2, -0.15) is 5.48 Å². The lowest BCUT2D eigenvalue weighted by Gasteiger charge is -2.25. The first-order chi connectivity index (χ1) is 26.4. The van der Waals surface area contributed by atoms with E-state index in [0.717, 1.165) is 32.1 Å². The summed E-state index contributed by atoms with van der Waals surface area (Å²) >= 11 is 0. The third-order valence-electron chi connectivity index (χ3n) is 7.78. The van der Waals surface area contributed by atoms with E-state index in [0.29, 0.717) is 17.7 Å². The van der Waals surface area contributed by atoms with Crippen LogP contribution in [0.25, 0.3) is 0 Å². The molecule has 55 heavy (non-hydrogen) atoms. The summed E-state index contributed by atoms with van der Waals surface area (Å²) in [6, 6.07) is 4.23. The normalized spacial score (nSPS) is 12.3. The third kappa shape index (κ3) is 24.0. The van der Waals surface area contributed by atoms with Crippen LogP contribution in [0.2, 0.25) is 0 Å². The van der Waals surface area contributed by atoms with Gasteiger partial charge in [-0.1, -0.05) is 38.8 Å². The van der Waals surface area contributed by atoms with Gasteiger partial charge in [-0.25, -0.2) is 19.2 Å². The summed E-state index contributed by atoms with van der Waals surface area (Å²) in [6.45, 7) is 8.27. The number of benzene rings is 1. The second kappa shape index (κ2) is 29.3. The molecule has 0 aliphatic rings. The highest BCUT2D eigenvalue weighted by atomic mass is 16.7. The number of carbonyl (C=O) groups excluding carboxylic acids is 6. The molecule has 0 spiro atoms. The van der Waals surface area contributed by atoms with E-state index in [9.17, 15) is 28.8 Å². The second-order valence-electron chi connectivity index (χ2n) is 12.8. The number of primary amides is 1. The van der Waals surface area contributed by atoms with E-state index in [1.54, 1.807) is 31.2 Å². The number of ether oxygens (including phenoxy) is 3. The fourth-order valence-electron chi connectivity index (χ4n) is 4.87. The van der Waals surface area contributed by atoms with Crippen molar-refractivity contribution < 1.29 is 47.8 Å². The summed E-state index contributed by atoms with van der Waals surface area (Å²) in [6.07, 6.45) is 8.96. The van der Waals surface area contributed by atoms with Crippen molar-refractivity contribution in [1.82, 2.24) is 32.1 Å². The van der Waals surface area contributed by atoms with Crippen LogP contribution >= 0.6 is 0 Å². The highest BCUT2D eigenvalue weighted by Crippen LogP contribution is 2.13. The predicted molar refractivity (Wildman–Crippen MR) is 205 cm³/mol. The molecule has 0 fully saturated rings. The first-order valence-corrected chi connectivity index (χ1v) is 18.6. The Bertz CT molecular complexity index is 1360. The molecule has 1 aromatic rings. The Morgan fingerprint density at radius 3 is 2.13 bits per heavy atom. The van der Waals surface area contributed by atoms with Crippen molar-refractivity contribution in [3.05, 3.63) is 29.8 Å². The van der Waals surface area contributed by atoms with Gasteiger partial charge in [0.2, 0.25) is 11.8 Å². The van der Waals surface area contributed by atoms with Crippen LogP contribution in [0.4, 0.5) is 20.1 Å². The molecule has 0 aliphatic heterocycles. The summed E-state index contributed by atoms with van der Waals surface area (Å²) in [5, 5.41) is 16.2. The number of anilines is 1. The Balaban J connectivity index is 2.61. The fourth-order valence-corrected chi connectivity index (χ4v) is 4.87. The lowest BCUT2D eigenvalue weighted by molar-refractivity contribution is -0.158. The Labute approximate surface area is 323 Å². The van der Waals surface area contributed by atoms with Crippen molar-refractivity contribution in [3.8, 4) is 12.3 Å². The highest BCUT2D eigenvalue weighted by Gasteiger charge is 2.27. The molecule has 308 valence electrons. The number of nitrogens with two attached hydrogens (primary N) is 1. The molecule has 1 aromatic carbocycles. The van der Waals surface area contributed by atoms with E-state index >= 15 is 0 Å². The van der Waals surface area contributed by atoms with Gasteiger partial charge in [0.15, 0.2) is 0 Å². The number of unbranched alkanes of at least 4 members (excludes halogenated alkanes) is 3. The zero-order valence-electron chi connectivity index (χ0n) is 32.5. The van der Waals surface area contributed by atoms with Gasteiger partial charge in [-0.15, -0.1) is 12.3 Å². The standard InChI is InChI=1S/C37H60N8O10/c1-6-8-9-10-11-13-27(5)53-25-31(46)55-43-23-22-39-32(26(3)4)34(48)45-30(14-12-19-40-35(38)49)33(47)44-29-17-15-28(16-18-29)24-54-37(51)42-21-20-41-36(50)52-7-2/h1,15-18,26-27,30,32,39,43H,7-14,19-25H2,2-5H3,(H,41,50)(H,42,51)(H,44,47)(H,45,48)(H3,38,40,49)/t27?,30-,32-/m0/s1. The smallest absolute Gasteiger partial charge is 0.407 e. The lowest BCUT2D eigenvalue weighted by Crippen LogP contribution is -2.54. The molecular formula is C37H60N8O10. The molecule has 1 rings (SSSR count). The van der Waals surface area contributed by atoms with Crippen LogP contribution in [0.1, 0.15) is 78.2 Å². The van der Waals surface area contributed by atoms with E-state index in [-0.39, 0.29) is 71.0 Å². The van der Waals surface area contributed by atoms with E-state index in [2.05, 4.69) is 43.3 Å². The molecule has 0 aliphatic carbocycles. The van der Waals surface area contributed by atoms with Crippen LogP contribution < -0.4 is 43.1 Å². The Morgan fingerprint density at radius 1 is 0.800 bits per heavy atom. The van der Waals surface area contributed by atoms with Crippen LogP contribution in [-0.2, 0) is 40.0 Å². The van der Waals surface area contributed by atoms with Gasteiger partial charge < -0.3 is 56.7 Å². The molecule has 6 amide bonds. The van der Waals surface area contributed by atoms with E-state index in [4.69, 9.17) is 31.2 Å². The van der Waals surface area contributed by atoms with Gasteiger partial charge in [-0.3, -0.25) is 9.59 Å². The number of terminal acetylenes is 1. The summed E-state index contributed by atoms with van der Waals surface area (Å²) in [5.74, 6) is 0.982. The lowest BCUT2D eigenvalue weighted by atomic mass is 10.0. The number of hydrogen-bond acceptors (Lipinski definition) is 12. The maximum absolute atomic E-state index is 13.4. The van der Waals surface area contributed by atoms with E-state index < -0.39 is 48.1 Å². The molecule has 18 nitrogen and oxygen atoms in total. The molecule has 9 N–H and O–H groups in total. The number of carbonyl (C=O) groups is 6. The molecule has 0 heterocycles. The van der Waals surface area contributed by atoms with Crippen molar-refractivity contribution >= 4 is 41.7 Å². The number of urea groups is 1. The number of hydroxylamine groups is 1. The van der Waals surface area contributed by atoms with Crippen LogP contribution in [0.3, 0.4) is 0 Å². The fraction of sp³-hybridized carbons (Fsp3) is 0.622. The number of nitrogens with one attached hydrogen (secondary N) is 7. The first-order valence-electron chi connectivity index (χ1n) is 18.6. The van der Waals surface area contributed by atoms with Gasteiger partial charge in [0.1, 0.15) is 19.3 Å². The third-order valence-corrected chi connectivity index (χ3v) is 7.78. The van der Waals surface area contributed by atoms with Crippen LogP contribution in [-0.4, -0.2) is 100 Å². The van der Waals surface area contributed by atoms with Crippen molar-refractivity contribution in [1.29, 1.82) is 0 Å². The largest absolute Gasteiger partial charge is 0.450 e. The van der Waals surface area contributed by atoms with Crippen molar-refractivity contribution in [2.75, 3.05) is 51.3 Å². The molecule has 0 saturated heterocycles. The minimum atomic E-state index is -0.959. The van der Waals surface area contributed by atoms with E-state index in [1.165, 1.54) is 0 Å². The molecule has 0 bridgehead atoms. The zero-order chi connectivity index (χ0) is 40.8. The zero-order valence-corrected chi connectivity index (χ0v) is 32.5. The number of amides is 6. The Kier molecular flexibility index (Phi) is 25.5. The number of alkyl carbamates (subject to hydrolysis) is 2. The Morgan fingerprint density at radius 2 is 1.49 bits per heavy atom. The number of rotatable bonds is 28. The van der Waals surface area contributed by atoms with Crippen molar-refractivity contribution in [3.63, 3.8) is 0 Å². The van der Waals surface area contributed by atoms with Gasteiger partial charge in [0.05, 0.1) is 18.8 Å². The summed E-state index contributed by atoms with van der Waals surface area (Å²) < 4.78 is 15.5. The molecule has 18 heteroatoms. The van der Waals surface area contributed by atoms with Crippen LogP contribution in [0.5, 0.6) is 0 Å². The van der Waals surface area contributed by atoms with Crippen LogP contribution in [0.15, 0.2) is 24.3 Å². The average molecular weight is 777 g/mol. The molecular weight excluding hydrogens is 716 g/mol. The molecule has 0 radical (unpaired) electrons. The second-order valence-corrected chi connectivity index (χ2v) is 12.8. The number of hydrogen-bond donors (Lipinski definition) is 8. The molecule has 0 aromatic heterocycles. The van der Waals surface area contributed by atoms with Crippen molar-refractivity contribution in [2.24, 2.45) is 11.7 Å². The maximum atomic E-state index is 13.4. The topological polar surface area (TPSA) is 250 Å².